The first-order valence-electron chi connectivity index (χ1n) is 9.18. The van der Waals surface area contributed by atoms with Crippen LogP contribution in [0.4, 0.5) is 0 Å². The van der Waals surface area contributed by atoms with Crippen LogP contribution < -0.4 is 0 Å². The molecular formula is C22H24ClNO3S. The van der Waals surface area contributed by atoms with Crippen LogP contribution in [-0.4, -0.2) is 28.2 Å². The SMILES string of the molecule is Cc1ccsc1C1C(C(=O)C(C)(C)C)=C(O)C(=O)N1CCc1ccc(Cl)cc1. The number of rotatable bonds is 5. The van der Waals surface area contributed by atoms with Crippen LogP contribution in [0.1, 0.15) is 42.8 Å². The molecule has 0 saturated heterocycles. The van der Waals surface area contributed by atoms with Crippen LogP contribution in [0.25, 0.3) is 0 Å². The zero-order valence-electron chi connectivity index (χ0n) is 16.5. The Hall–Kier alpha value is -2.11. The maximum Gasteiger partial charge on any atom is 0.290 e. The summed E-state index contributed by atoms with van der Waals surface area (Å²) in [6.07, 6.45) is 0.605. The molecule has 0 bridgehead atoms. The minimum Gasteiger partial charge on any atom is -0.503 e. The molecule has 0 spiro atoms. The predicted molar refractivity (Wildman–Crippen MR) is 113 cm³/mol. The minimum absolute atomic E-state index is 0.204. The highest BCUT2D eigenvalue weighted by atomic mass is 35.5. The number of ketones is 1. The first kappa shape index (κ1) is 20.6. The number of aryl methyl sites for hydroxylation is 1. The molecule has 2 aromatic rings. The molecule has 1 N–H and O–H groups in total. The molecule has 4 nitrogen and oxygen atoms in total. The van der Waals surface area contributed by atoms with Crippen molar-refractivity contribution in [3.05, 3.63) is 68.1 Å². The lowest BCUT2D eigenvalue weighted by Gasteiger charge is -2.28. The number of carbonyl (C=O) groups excluding carboxylic acids is 2. The fraction of sp³-hybridized carbons (Fsp3) is 0.364. The van der Waals surface area contributed by atoms with E-state index in [-0.39, 0.29) is 11.4 Å². The second-order valence-corrected chi connectivity index (χ2v) is 9.47. The third-order valence-electron chi connectivity index (χ3n) is 4.93. The summed E-state index contributed by atoms with van der Waals surface area (Å²) in [4.78, 5) is 28.5. The van der Waals surface area contributed by atoms with Gasteiger partial charge < -0.3 is 10.0 Å². The van der Waals surface area contributed by atoms with E-state index in [9.17, 15) is 14.7 Å². The minimum atomic E-state index is -0.695. The number of nitrogens with zero attached hydrogens (tertiary/aromatic N) is 1. The highest BCUT2D eigenvalue weighted by Gasteiger charge is 2.46. The van der Waals surface area contributed by atoms with Crippen LogP contribution in [0, 0.1) is 12.3 Å². The van der Waals surface area contributed by atoms with E-state index in [4.69, 9.17) is 11.6 Å². The normalized spacial score (nSPS) is 17.5. The molecule has 1 aromatic carbocycles. The van der Waals surface area contributed by atoms with E-state index in [1.165, 1.54) is 11.3 Å². The number of amides is 1. The molecule has 1 unspecified atom stereocenters. The number of aliphatic hydroxyl groups excluding tert-OH is 1. The van der Waals surface area contributed by atoms with E-state index in [1.807, 2.05) is 42.6 Å². The molecular weight excluding hydrogens is 394 g/mol. The van der Waals surface area contributed by atoms with Crippen LogP contribution in [0.5, 0.6) is 0 Å². The van der Waals surface area contributed by atoms with E-state index in [0.717, 1.165) is 16.0 Å². The lowest BCUT2D eigenvalue weighted by atomic mass is 9.83. The average Bonchev–Trinajstić information content (AvgIpc) is 3.15. The number of halogens is 1. The van der Waals surface area contributed by atoms with Gasteiger partial charge in [0.25, 0.3) is 5.91 Å². The van der Waals surface area contributed by atoms with Crippen LogP contribution in [-0.2, 0) is 16.0 Å². The number of thiophene rings is 1. The zero-order valence-corrected chi connectivity index (χ0v) is 18.0. The van der Waals surface area contributed by atoms with Gasteiger partial charge in [-0.05, 0) is 48.1 Å². The molecule has 2 heterocycles. The van der Waals surface area contributed by atoms with E-state index in [2.05, 4.69) is 0 Å². The first-order valence-corrected chi connectivity index (χ1v) is 10.4. The van der Waals surface area contributed by atoms with Gasteiger partial charge in [0, 0.05) is 21.9 Å². The molecule has 28 heavy (non-hydrogen) atoms. The summed E-state index contributed by atoms with van der Waals surface area (Å²) in [5.74, 6) is -1.11. The lowest BCUT2D eigenvalue weighted by Crippen LogP contribution is -2.34. The van der Waals surface area contributed by atoms with Crippen LogP contribution in [0.3, 0.4) is 0 Å². The van der Waals surface area contributed by atoms with Crippen LogP contribution in [0.15, 0.2) is 47.0 Å². The van der Waals surface area contributed by atoms with Gasteiger partial charge >= 0.3 is 0 Å². The maximum absolute atomic E-state index is 13.1. The quantitative estimate of drug-likeness (QED) is 0.721. The van der Waals surface area contributed by atoms with Gasteiger partial charge in [0.05, 0.1) is 11.6 Å². The topological polar surface area (TPSA) is 57.6 Å². The third-order valence-corrected chi connectivity index (χ3v) is 6.26. The summed E-state index contributed by atoms with van der Waals surface area (Å²) in [5.41, 5.74) is 1.56. The number of hydrogen-bond donors (Lipinski definition) is 1. The number of benzene rings is 1. The third kappa shape index (κ3) is 3.87. The van der Waals surface area contributed by atoms with Crippen molar-refractivity contribution < 1.29 is 14.7 Å². The van der Waals surface area contributed by atoms with Gasteiger partial charge in [-0.2, -0.15) is 0 Å². The fourth-order valence-electron chi connectivity index (χ4n) is 3.36. The lowest BCUT2D eigenvalue weighted by molar-refractivity contribution is -0.129. The van der Waals surface area contributed by atoms with Crippen LogP contribution >= 0.6 is 22.9 Å². The highest BCUT2D eigenvalue weighted by molar-refractivity contribution is 7.10. The highest BCUT2D eigenvalue weighted by Crippen LogP contribution is 2.43. The summed E-state index contributed by atoms with van der Waals surface area (Å²) in [7, 11) is 0. The molecule has 0 saturated carbocycles. The molecule has 0 fully saturated rings. The fourth-order valence-corrected chi connectivity index (χ4v) is 4.53. The van der Waals surface area contributed by atoms with E-state index in [0.29, 0.717) is 18.0 Å². The van der Waals surface area contributed by atoms with Crippen molar-refractivity contribution >= 4 is 34.6 Å². The summed E-state index contributed by atoms with van der Waals surface area (Å²) >= 11 is 7.45. The van der Waals surface area contributed by atoms with Crippen molar-refractivity contribution in [2.45, 2.75) is 40.2 Å². The monoisotopic (exact) mass is 417 g/mol. The van der Waals surface area contributed by atoms with Crippen molar-refractivity contribution in [3.8, 4) is 0 Å². The molecule has 1 aromatic heterocycles. The maximum atomic E-state index is 13.1. The largest absolute Gasteiger partial charge is 0.503 e. The Labute approximate surface area is 174 Å². The standard InChI is InChI=1S/C22H24ClNO3S/c1-13-10-12-28-19(13)17-16(20(26)22(2,3)4)18(25)21(27)24(17)11-9-14-5-7-15(23)8-6-14/h5-8,10,12,17,25H,9,11H2,1-4H3. The number of hydrogen-bond acceptors (Lipinski definition) is 4. The molecule has 6 heteroatoms. The second kappa shape index (κ2) is 7.72. The smallest absolute Gasteiger partial charge is 0.290 e. The molecule has 1 atom stereocenters. The Bertz CT molecular complexity index is 937. The summed E-state index contributed by atoms with van der Waals surface area (Å²) in [5, 5.41) is 13.2. The Morgan fingerprint density at radius 3 is 2.39 bits per heavy atom. The number of aliphatic hydroxyl groups is 1. The van der Waals surface area contributed by atoms with Crippen molar-refractivity contribution in [2.75, 3.05) is 6.54 Å². The van der Waals surface area contributed by atoms with Crippen molar-refractivity contribution in [2.24, 2.45) is 5.41 Å². The Balaban J connectivity index is 1.97. The number of Topliss-reactive ketones (excluding diaryl/α,β-unsaturated/α-hetero) is 1. The Morgan fingerprint density at radius 1 is 1.21 bits per heavy atom. The van der Waals surface area contributed by atoms with Gasteiger partial charge in [-0.15, -0.1) is 11.3 Å². The van der Waals surface area contributed by atoms with E-state index >= 15 is 0 Å². The van der Waals surface area contributed by atoms with Crippen LogP contribution in [0.2, 0.25) is 5.02 Å². The van der Waals surface area contributed by atoms with Gasteiger partial charge in [0.2, 0.25) is 0 Å². The van der Waals surface area contributed by atoms with Crippen molar-refractivity contribution in [1.29, 1.82) is 0 Å². The Kier molecular flexibility index (Phi) is 5.69. The summed E-state index contributed by atoms with van der Waals surface area (Å²) in [6.45, 7) is 7.76. The first-order chi connectivity index (χ1) is 13.1. The zero-order chi connectivity index (χ0) is 20.6. The van der Waals surface area contributed by atoms with Gasteiger partial charge in [0.1, 0.15) is 0 Å². The van der Waals surface area contributed by atoms with Crippen molar-refractivity contribution in [1.82, 2.24) is 4.90 Å². The van der Waals surface area contributed by atoms with Gasteiger partial charge in [0.15, 0.2) is 11.5 Å². The van der Waals surface area contributed by atoms with E-state index < -0.39 is 23.1 Å². The summed E-state index contributed by atoms with van der Waals surface area (Å²) in [6, 6.07) is 8.88. The second-order valence-electron chi connectivity index (χ2n) is 8.09. The molecule has 0 aliphatic carbocycles. The van der Waals surface area contributed by atoms with Gasteiger partial charge in [-0.1, -0.05) is 44.5 Å². The van der Waals surface area contributed by atoms with E-state index in [1.54, 1.807) is 25.7 Å². The van der Waals surface area contributed by atoms with Gasteiger partial charge in [-0.25, -0.2) is 0 Å². The molecule has 1 aliphatic rings. The molecule has 148 valence electrons. The predicted octanol–water partition coefficient (Wildman–Crippen LogP) is 5.26. The number of carbonyl (C=O) groups is 2. The Morgan fingerprint density at radius 2 is 1.86 bits per heavy atom. The summed E-state index contributed by atoms with van der Waals surface area (Å²) < 4.78 is 0. The average molecular weight is 418 g/mol. The molecule has 0 radical (unpaired) electrons. The molecule has 1 aliphatic heterocycles. The molecule has 3 rings (SSSR count). The van der Waals surface area contributed by atoms with Crippen molar-refractivity contribution in [3.63, 3.8) is 0 Å². The molecule has 1 amide bonds. The van der Waals surface area contributed by atoms with Gasteiger partial charge in [-0.3, -0.25) is 9.59 Å².